The predicted octanol–water partition coefficient (Wildman–Crippen LogP) is 2.73. The Labute approximate surface area is 184 Å². The Morgan fingerprint density at radius 2 is 1.84 bits per heavy atom. The maximum atomic E-state index is 11.9. The average Bonchev–Trinajstić information content (AvgIpc) is 3.20. The van der Waals surface area contributed by atoms with Gasteiger partial charge in [0.15, 0.2) is 17.5 Å². The number of guanidine groups is 1. The van der Waals surface area contributed by atoms with E-state index in [0.29, 0.717) is 19.5 Å². The molecule has 0 saturated carbocycles. The second kappa shape index (κ2) is 11.2. The van der Waals surface area contributed by atoms with Crippen LogP contribution in [0.15, 0.2) is 47.5 Å². The van der Waals surface area contributed by atoms with Crippen molar-refractivity contribution in [2.24, 2.45) is 4.99 Å². The van der Waals surface area contributed by atoms with Gasteiger partial charge in [-0.25, -0.2) is 0 Å². The SMILES string of the molecule is CN=C(NCCc1ccc(OC)c(OC)c1)NCc1cccc(CN2CCCC2=O)c1. The van der Waals surface area contributed by atoms with Crippen LogP contribution in [0.4, 0.5) is 0 Å². The molecule has 2 aromatic carbocycles. The minimum absolute atomic E-state index is 0.252. The van der Waals surface area contributed by atoms with Gasteiger partial charge in [-0.15, -0.1) is 0 Å². The maximum Gasteiger partial charge on any atom is 0.222 e. The third-order valence-corrected chi connectivity index (χ3v) is 5.37. The summed E-state index contributed by atoms with van der Waals surface area (Å²) in [4.78, 5) is 18.1. The monoisotopic (exact) mass is 424 g/mol. The number of ether oxygens (including phenoxy) is 2. The molecule has 7 nitrogen and oxygen atoms in total. The fourth-order valence-corrected chi connectivity index (χ4v) is 3.70. The number of hydrogen-bond acceptors (Lipinski definition) is 4. The third-order valence-electron chi connectivity index (χ3n) is 5.37. The van der Waals surface area contributed by atoms with Crippen LogP contribution in [0.5, 0.6) is 11.5 Å². The fourth-order valence-electron chi connectivity index (χ4n) is 3.70. The number of aliphatic imine (C=N–C) groups is 1. The van der Waals surface area contributed by atoms with Crippen molar-refractivity contribution in [3.05, 3.63) is 59.2 Å². The van der Waals surface area contributed by atoms with E-state index in [0.717, 1.165) is 60.1 Å². The lowest BCUT2D eigenvalue weighted by molar-refractivity contribution is -0.128. The topological polar surface area (TPSA) is 75.2 Å². The van der Waals surface area contributed by atoms with Gasteiger partial charge in [-0.3, -0.25) is 9.79 Å². The predicted molar refractivity (Wildman–Crippen MR) is 123 cm³/mol. The van der Waals surface area contributed by atoms with E-state index in [2.05, 4.69) is 33.8 Å². The van der Waals surface area contributed by atoms with E-state index < -0.39 is 0 Å². The first kappa shape index (κ1) is 22.5. The van der Waals surface area contributed by atoms with Crippen molar-refractivity contribution < 1.29 is 14.3 Å². The molecule has 1 heterocycles. The fraction of sp³-hybridized carbons (Fsp3) is 0.417. The van der Waals surface area contributed by atoms with E-state index in [4.69, 9.17) is 9.47 Å². The van der Waals surface area contributed by atoms with Gasteiger partial charge in [0, 0.05) is 39.6 Å². The zero-order valence-electron chi connectivity index (χ0n) is 18.6. The molecule has 0 atom stereocenters. The summed E-state index contributed by atoms with van der Waals surface area (Å²) < 4.78 is 10.7. The Bertz CT molecular complexity index is 913. The normalized spacial score (nSPS) is 14.0. The molecule has 0 radical (unpaired) electrons. The standard InChI is InChI=1S/C24H32N4O3/c1-25-24(26-12-11-18-9-10-21(30-2)22(15-18)31-3)27-16-19-6-4-7-20(14-19)17-28-13-5-8-23(28)29/h4,6-7,9-10,14-15H,5,8,11-13,16-17H2,1-3H3,(H2,25,26,27). The van der Waals surface area contributed by atoms with Gasteiger partial charge < -0.3 is 25.0 Å². The zero-order chi connectivity index (χ0) is 22.1. The van der Waals surface area contributed by atoms with Crippen LogP contribution in [0.1, 0.15) is 29.5 Å². The van der Waals surface area contributed by atoms with E-state index in [9.17, 15) is 4.79 Å². The molecule has 0 aromatic heterocycles. The number of amides is 1. The number of nitrogens with one attached hydrogen (secondary N) is 2. The molecule has 1 aliphatic heterocycles. The van der Waals surface area contributed by atoms with Crippen molar-refractivity contribution in [2.45, 2.75) is 32.4 Å². The van der Waals surface area contributed by atoms with Crippen LogP contribution in [-0.4, -0.2) is 51.1 Å². The lowest BCUT2D eigenvalue weighted by Crippen LogP contribution is -2.37. The smallest absolute Gasteiger partial charge is 0.222 e. The van der Waals surface area contributed by atoms with Crippen LogP contribution in [0.2, 0.25) is 0 Å². The van der Waals surface area contributed by atoms with Gasteiger partial charge in [0.25, 0.3) is 0 Å². The van der Waals surface area contributed by atoms with Crippen LogP contribution in [0.25, 0.3) is 0 Å². The summed E-state index contributed by atoms with van der Waals surface area (Å²) in [5.74, 6) is 2.47. The van der Waals surface area contributed by atoms with Gasteiger partial charge >= 0.3 is 0 Å². The largest absolute Gasteiger partial charge is 0.493 e. The molecule has 0 bridgehead atoms. The summed E-state index contributed by atoms with van der Waals surface area (Å²) in [6, 6.07) is 14.3. The number of likely N-dealkylation sites (tertiary alicyclic amines) is 1. The molecule has 7 heteroatoms. The third kappa shape index (κ3) is 6.38. The Morgan fingerprint density at radius 1 is 1.03 bits per heavy atom. The van der Waals surface area contributed by atoms with Crippen LogP contribution >= 0.6 is 0 Å². The summed E-state index contributed by atoms with van der Waals surface area (Å²) in [7, 11) is 5.04. The number of benzene rings is 2. The number of nitrogens with zero attached hydrogens (tertiary/aromatic N) is 2. The number of methoxy groups -OCH3 is 2. The molecule has 2 N–H and O–H groups in total. The molecule has 3 rings (SSSR count). The van der Waals surface area contributed by atoms with E-state index in [-0.39, 0.29) is 5.91 Å². The first-order valence-corrected chi connectivity index (χ1v) is 10.6. The van der Waals surface area contributed by atoms with E-state index in [1.54, 1.807) is 21.3 Å². The van der Waals surface area contributed by atoms with Crippen LogP contribution in [-0.2, 0) is 24.3 Å². The number of carbonyl (C=O) groups excluding carboxylic acids is 1. The van der Waals surface area contributed by atoms with E-state index in [1.165, 1.54) is 0 Å². The Kier molecular flexibility index (Phi) is 8.15. The molecule has 1 fully saturated rings. The quantitative estimate of drug-likeness (QED) is 0.478. The minimum Gasteiger partial charge on any atom is -0.493 e. The molecular formula is C24H32N4O3. The van der Waals surface area contributed by atoms with E-state index in [1.807, 2.05) is 29.2 Å². The molecule has 166 valence electrons. The number of rotatable bonds is 9. The van der Waals surface area contributed by atoms with Crippen molar-refractivity contribution in [3.63, 3.8) is 0 Å². The Morgan fingerprint density at radius 3 is 2.55 bits per heavy atom. The van der Waals surface area contributed by atoms with Gasteiger partial charge in [0.2, 0.25) is 5.91 Å². The van der Waals surface area contributed by atoms with Crippen LogP contribution < -0.4 is 20.1 Å². The van der Waals surface area contributed by atoms with Crippen molar-refractivity contribution in [2.75, 3.05) is 34.4 Å². The molecule has 0 spiro atoms. The lowest BCUT2D eigenvalue weighted by atomic mass is 10.1. The molecule has 0 aliphatic carbocycles. The summed E-state index contributed by atoms with van der Waals surface area (Å²) >= 11 is 0. The molecule has 0 unspecified atom stereocenters. The summed E-state index contributed by atoms with van der Waals surface area (Å²) in [6.07, 6.45) is 2.47. The maximum absolute atomic E-state index is 11.9. The first-order valence-electron chi connectivity index (χ1n) is 10.6. The highest BCUT2D eigenvalue weighted by atomic mass is 16.5. The lowest BCUT2D eigenvalue weighted by Gasteiger charge is -2.16. The number of carbonyl (C=O) groups is 1. The van der Waals surface area contributed by atoms with Crippen molar-refractivity contribution in [1.82, 2.24) is 15.5 Å². The molecule has 31 heavy (non-hydrogen) atoms. The van der Waals surface area contributed by atoms with Crippen LogP contribution in [0, 0.1) is 0 Å². The average molecular weight is 425 g/mol. The molecular weight excluding hydrogens is 392 g/mol. The minimum atomic E-state index is 0.252. The highest BCUT2D eigenvalue weighted by Gasteiger charge is 2.19. The van der Waals surface area contributed by atoms with Gasteiger partial charge in [-0.2, -0.15) is 0 Å². The van der Waals surface area contributed by atoms with Crippen molar-refractivity contribution in [3.8, 4) is 11.5 Å². The van der Waals surface area contributed by atoms with Crippen LogP contribution in [0.3, 0.4) is 0 Å². The van der Waals surface area contributed by atoms with Gasteiger partial charge in [0.05, 0.1) is 14.2 Å². The van der Waals surface area contributed by atoms with Gasteiger partial charge in [-0.05, 0) is 41.7 Å². The summed E-state index contributed by atoms with van der Waals surface area (Å²) in [6.45, 7) is 2.95. The van der Waals surface area contributed by atoms with Crippen molar-refractivity contribution >= 4 is 11.9 Å². The van der Waals surface area contributed by atoms with Gasteiger partial charge in [-0.1, -0.05) is 30.3 Å². The summed E-state index contributed by atoms with van der Waals surface area (Å²) in [5.41, 5.74) is 3.47. The first-order chi connectivity index (χ1) is 15.1. The molecule has 1 amide bonds. The van der Waals surface area contributed by atoms with Gasteiger partial charge in [0.1, 0.15) is 0 Å². The Balaban J connectivity index is 1.47. The highest BCUT2D eigenvalue weighted by molar-refractivity contribution is 5.79. The molecule has 1 saturated heterocycles. The van der Waals surface area contributed by atoms with E-state index >= 15 is 0 Å². The molecule has 1 aliphatic rings. The summed E-state index contributed by atoms with van der Waals surface area (Å²) in [5, 5.41) is 6.70. The second-order valence-corrected chi connectivity index (χ2v) is 7.53. The van der Waals surface area contributed by atoms with Crippen molar-refractivity contribution in [1.29, 1.82) is 0 Å². The molecule has 2 aromatic rings. The zero-order valence-corrected chi connectivity index (χ0v) is 18.6. The Hall–Kier alpha value is -3.22. The second-order valence-electron chi connectivity index (χ2n) is 7.53. The number of hydrogen-bond donors (Lipinski definition) is 2. The highest BCUT2D eigenvalue weighted by Crippen LogP contribution is 2.27.